The first-order valence-electron chi connectivity index (χ1n) is 4.77. The molecule has 5 nitrogen and oxygen atoms in total. The van der Waals surface area contributed by atoms with Gasteiger partial charge in [-0.3, -0.25) is 0 Å². The minimum Gasteiger partial charge on any atom is -0.367 e. The fourth-order valence-corrected chi connectivity index (χ4v) is 1.94. The van der Waals surface area contributed by atoms with Crippen molar-refractivity contribution in [1.82, 2.24) is 20.2 Å². The first-order chi connectivity index (χ1) is 6.26. The molecule has 0 bridgehead atoms. The molecule has 0 atom stereocenters. The van der Waals surface area contributed by atoms with Gasteiger partial charge in [-0.15, -0.1) is 0 Å². The topological polar surface area (TPSA) is 69.6 Å². The van der Waals surface area contributed by atoms with E-state index in [1.54, 1.807) is 4.68 Å². The SMILES string of the molecule is CCC1(Cn2nnnc2N)CCC1. The largest absolute Gasteiger partial charge is 0.367 e. The van der Waals surface area contributed by atoms with E-state index in [0.717, 1.165) is 6.54 Å². The zero-order valence-corrected chi connectivity index (χ0v) is 7.90. The maximum atomic E-state index is 5.61. The maximum absolute atomic E-state index is 5.61. The summed E-state index contributed by atoms with van der Waals surface area (Å²) in [5.41, 5.74) is 6.03. The average molecular weight is 181 g/mol. The summed E-state index contributed by atoms with van der Waals surface area (Å²) < 4.78 is 1.71. The number of nitrogens with zero attached hydrogens (tertiary/aromatic N) is 4. The van der Waals surface area contributed by atoms with E-state index in [1.807, 2.05) is 0 Å². The van der Waals surface area contributed by atoms with E-state index in [4.69, 9.17) is 5.73 Å². The molecule has 0 amide bonds. The van der Waals surface area contributed by atoms with Crippen LogP contribution in [-0.4, -0.2) is 20.2 Å². The number of nitrogen functional groups attached to an aromatic ring is 1. The smallest absolute Gasteiger partial charge is 0.240 e. The Kier molecular flexibility index (Phi) is 1.94. The average Bonchev–Trinajstić information content (AvgIpc) is 2.44. The Morgan fingerprint density at radius 2 is 2.31 bits per heavy atom. The van der Waals surface area contributed by atoms with Crippen LogP contribution in [0.5, 0.6) is 0 Å². The highest BCUT2D eigenvalue weighted by atomic mass is 15.6. The summed E-state index contributed by atoms with van der Waals surface area (Å²) in [5.74, 6) is 0.430. The van der Waals surface area contributed by atoms with E-state index in [-0.39, 0.29) is 0 Å². The standard InChI is InChI=1S/C8H15N5/c1-2-8(4-3-5-8)6-13-7(9)10-11-12-13/h2-6H2,1H3,(H2,9,10,12). The molecule has 1 aliphatic rings. The third-order valence-corrected chi connectivity index (χ3v) is 3.21. The predicted molar refractivity (Wildman–Crippen MR) is 48.8 cm³/mol. The number of aromatic nitrogens is 4. The van der Waals surface area contributed by atoms with E-state index in [0.29, 0.717) is 11.4 Å². The van der Waals surface area contributed by atoms with Gasteiger partial charge in [0.2, 0.25) is 5.95 Å². The number of hydrogen-bond acceptors (Lipinski definition) is 4. The van der Waals surface area contributed by atoms with Crippen molar-refractivity contribution >= 4 is 5.95 Å². The minimum atomic E-state index is 0.420. The fourth-order valence-electron chi connectivity index (χ4n) is 1.94. The molecule has 2 rings (SSSR count). The highest BCUT2D eigenvalue weighted by Crippen LogP contribution is 2.45. The Morgan fingerprint density at radius 1 is 1.54 bits per heavy atom. The Hall–Kier alpha value is -1.13. The van der Waals surface area contributed by atoms with Gasteiger partial charge in [0, 0.05) is 0 Å². The van der Waals surface area contributed by atoms with Crippen LogP contribution < -0.4 is 5.73 Å². The molecule has 1 fully saturated rings. The Balaban J connectivity index is 2.08. The van der Waals surface area contributed by atoms with Crippen molar-refractivity contribution in [1.29, 1.82) is 0 Å². The van der Waals surface area contributed by atoms with Crippen LogP contribution in [0.2, 0.25) is 0 Å². The van der Waals surface area contributed by atoms with Gasteiger partial charge in [0.05, 0.1) is 6.54 Å². The number of tetrazole rings is 1. The fraction of sp³-hybridized carbons (Fsp3) is 0.875. The third kappa shape index (κ3) is 1.38. The lowest BCUT2D eigenvalue weighted by Gasteiger charge is -2.40. The molecule has 1 aliphatic carbocycles. The molecule has 2 N–H and O–H groups in total. The van der Waals surface area contributed by atoms with Gasteiger partial charge < -0.3 is 5.73 Å². The number of hydrogen-bond donors (Lipinski definition) is 1. The first-order valence-corrected chi connectivity index (χ1v) is 4.77. The second-order valence-electron chi connectivity index (χ2n) is 3.90. The van der Waals surface area contributed by atoms with E-state index in [2.05, 4.69) is 22.4 Å². The van der Waals surface area contributed by atoms with E-state index in [9.17, 15) is 0 Å². The molecule has 0 radical (unpaired) electrons. The number of nitrogens with two attached hydrogens (primary N) is 1. The molecule has 13 heavy (non-hydrogen) atoms. The first kappa shape index (κ1) is 8.47. The Labute approximate surface area is 77.3 Å². The highest BCUT2D eigenvalue weighted by Gasteiger charge is 2.36. The second-order valence-corrected chi connectivity index (χ2v) is 3.90. The lowest BCUT2D eigenvalue weighted by molar-refractivity contribution is 0.0950. The predicted octanol–water partition coefficient (Wildman–Crippen LogP) is 0.836. The Morgan fingerprint density at radius 3 is 2.69 bits per heavy atom. The van der Waals surface area contributed by atoms with E-state index < -0.39 is 0 Å². The molecular formula is C8H15N5. The molecular weight excluding hydrogens is 166 g/mol. The monoisotopic (exact) mass is 181 g/mol. The van der Waals surface area contributed by atoms with E-state index >= 15 is 0 Å². The summed E-state index contributed by atoms with van der Waals surface area (Å²) in [5, 5.41) is 11.1. The van der Waals surface area contributed by atoms with Gasteiger partial charge in [-0.1, -0.05) is 18.4 Å². The van der Waals surface area contributed by atoms with Crippen molar-refractivity contribution in [3.05, 3.63) is 0 Å². The van der Waals surface area contributed by atoms with Gasteiger partial charge in [-0.25, -0.2) is 4.68 Å². The van der Waals surface area contributed by atoms with Crippen LogP contribution in [0.1, 0.15) is 32.6 Å². The van der Waals surface area contributed by atoms with Crippen LogP contribution in [0.3, 0.4) is 0 Å². The highest BCUT2D eigenvalue weighted by molar-refractivity contribution is 5.10. The third-order valence-electron chi connectivity index (χ3n) is 3.21. The minimum absolute atomic E-state index is 0.420. The van der Waals surface area contributed by atoms with Gasteiger partial charge in [-0.2, -0.15) is 0 Å². The zero-order valence-electron chi connectivity index (χ0n) is 7.90. The summed E-state index contributed by atoms with van der Waals surface area (Å²) in [6, 6.07) is 0. The van der Waals surface area contributed by atoms with Gasteiger partial charge in [-0.05, 0) is 35.1 Å². The number of anilines is 1. The van der Waals surface area contributed by atoms with Gasteiger partial charge in [0.25, 0.3) is 0 Å². The molecule has 72 valence electrons. The maximum Gasteiger partial charge on any atom is 0.240 e. The summed E-state index contributed by atoms with van der Waals surface area (Å²) in [6.45, 7) is 3.10. The molecule has 0 spiro atoms. The van der Waals surface area contributed by atoms with Crippen LogP contribution >= 0.6 is 0 Å². The van der Waals surface area contributed by atoms with Crippen LogP contribution in [0.25, 0.3) is 0 Å². The second kappa shape index (κ2) is 2.97. The van der Waals surface area contributed by atoms with Crippen molar-refractivity contribution in [2.45, 2.75) is 39.2 Å². The van der Waals surface area contributed by atoms with Crippen LogP contribution in [0.4, 0.5) is 5.95 Å². The lowest BCUT2D eigenvalue weighted by Crippen LogP contribution is -2.34. The summed E-state index contributed by atoms with van der Waals surface area (Å²) in [7, 11) is 0. The Bertz CT molecular complexity index is 283. The van der Waals surface area contributed by atoms with Crippen molar-refractivity contribution in [2.75, 3.05) is 5.73 Å². The number of rotatable bonds is 3. The molecule has 0 aliphatic heterocycles. The van der Waals surface area contributed by atoms with Gasteiger partial charge >= 0.3 is 0 Å². The molecule has 0 aromatic carbocycles. The molecule has 1 saturated carbocycles. The summed E-state index contributed by atoms with van der Waals surface area (Å²) in [4.78, 5) is 0. The van der Waals surface area contributed by atoms with Gasteiger partial charge in [0.1, 0.15) is 0 Å². The lowest BCUT2D eigenvalue weighted by atomic mass is 9.67. The quantitative estimate of drug-likeness (QED) is 0.750. The molecule has 5 heteroatoms. The van der Waals surface area contributed by atoms with Crippen molar-refractivity contribution in [2.24, 2.45) is 5.41 Å². The zero-order chi connectivity index (χ0) is 9.31. The van der Waals surface area contributed by atoms with Crippen molar-refractivity contribution < 1.29 is 0 Å². The van der Waals surface area contributed by atoms with Crippen LogP contribution in [0.15, 0.2) is 0 Å². The van der Waals surface area contributed by atoms with Gasteiger partial charge in [0.15, 0.2) is 0 Å². The molecule has 0 saturated heterocycles. The summed E-state index contributed by atoms with van der Waals surface area (Å²) >= 11 is 0. The molecule has 1 aromatic rings. The summed E-state index contributed by atoms with van der Waals surface area (Å²) in [6.07, 6.45) is 5.08. The van der Waals surface area contributed by atoms with Crippen LogP contribution in [0, 0.1) is 5.41 Å². The molecule has 1 aromatic heterocycles. The van der Waals surface area contributed by atoms with Crippen LogP contribution in [-0.2, 0) is 6.54 Å². The molecule has 0 unspecified atom stereocenters. The molecule has 1 heterocycles. The van der Waals surface area contributed by atoms with E-state index in [1.165, 1.54) is 25.7 Å². The van der Waals surface area contributed by atoms with Crippen molar-refractivity contribution in [3.8, 4) is 0 Å². The normalized spacial score (nSPS) is 19.8. The van der Waals surface area contributed by atoms with Crippen molar-refractivity contribution in [3.63, 3.8) is 0 Å².